The summed E-state index contributed by atoms with van der Waals surface area (Å²) < 4.78 is 5.24. The monoisotopic (exact) mass is 441 g/mol. The topological polar surface area (TPSA) is 114 Å². The second-order valence-electron chi connectivity index (χ2n) is 7.30. The Kier molecular flexibility index (Phi) is 6.40. The van der Waals surface area contributed by atoms with Gasteiger partial charge in [0.05, 0.1) is 19.0 Å². The highest BCUT2D eigenvalue weighted by molar-refractivity contribution is 6.00. The molecule has 0 spiro atoms. The highest BCUT2D eigenvalue weighted by atomic mass is 16.5. The van der Waals surface area contributed by atoms with Crippen LogP contribution >= 0.6 is 0 Å². The molecule has 166 valence electrons. The van der Waals surface area contributed by atoms with E-state index in [2.05, 4.69) is 35.9 Å². The summed E-state index contributed by atoms with van der Waals surface area (Å²) in [5.41, 5.74) is 5.38. The number of aromatic nitrogens is 4. The van der Waals surface area contributed by atoms with Gasteiger partial charge in [0.1, 0.15) is 5.75 Å². The zero-order valence-electron chi connectivity index (χ0n) is 18.5. The van der Waals surface area contributed by atoms with Crippen LogP contribution in [0.5, 0.6) is 5.75 Å². The summed E-state index contributed by atoms with van der Waals surface area (Å²) in [6.07, 6.45) is 6.67. The summed E-state index contributed by atoms with van der Waals surface area (Å²) in [6.45, 7) is 3.82. The van der Waals surface area contributed by atoms with Crippen molar-refractivity contribution in [2.24, 2.45) is 0 Å². The minimum atomic E-state index is -0.348. The Morgan fingerprint density at radius 2 is 1.70 bits per heavy atom. The van der Waals surface area contributed by atoms with Crippen LogP contribution in [0.25, 0.3) is 11.3 Å². The van der Waals surface area contributed by atoms with Crippen LogP contribution in [0.3, 0.4) is 0 Å². The SMILES string of the molecule is COc1cncc(-c2ccnc(Nc3cc(NC(=O)Nc4ccnc(C)c4)ccc3C)n2)c1. The molecule has 2 amide bonds. The number of nitrogens with one attached hydrogen (secondary N) is 3. The van der Waals surface area contributed by atoms with Gasteiger partial charge in [-0.1, -0.05) is 6.07 Å². The molecular formula is C24H23N7O2. The Bertz CT molecular complexity index is 1290. The Labute approximate surface area is 191 Å². The number of carbonyl (C=O) groups excluding carboxylic acids is 1. The number of urea groups is 1. The van der Waals surface area contributed by atoms with Gasteiger partial charge in [-0.05, 0) is 55.8 Å². The Balaban J connectivity index is 1.49. The van der Waals surface area contributed by atoms with Crippen molar-refractivity contribution in [1.29, 1.82) is 0 Å². The zero-order chi connectivity index (χ0) is 23.2. The molecule has 9 heteroatoms. The Hall–Kier alpha value is -4.53. The standard InChI is InChI=1S/C24H23N7O2/c1-15-4-5-18(28-24(32)29-19-6-8-26-16(2)10-19)12-22(15)31-23-27-9-7-21(30-23)17-11-20(33-3)14-25-13-17/h4-14H,1-3H3,(H,27,30,31)(H2,26,28,29,32). The average molecular weight is 441 g/mol. The number of hydrogen-bond acceptors (Lipinski definition) is 7. The molecule has 0 saturated carbocycles. The van der Waals surface area contributed by atoms with Crippen molar-refractivity contribution in [3.05, 3.63) is 78.5 Å². The number of aryl methyl sites for hydroxylation is 2. The minimum absolute atomic E-state index is 0.348. The lowest BCUT2D eigenvalue weighted by molar-refractivity contribution is 0.262. The van der Waals surface area contributed by atoms with E-state index in [1.165, 1.54) is 0 Å². The maximum absolute atomic E-state index is 12.4. The number of benzene rings is 1. The van der Waals surface area contributed by atoms with Crippen molar-refractivity contribution in [1.82, 2.24) is 19.9 Å². The summed E-state index contributed by atoms with van der Waals surface area (Å²) in [5, 5.41) is 8.87. The molecule has 0 unspecified atom stereocenters. The van der Waals surface area contributed by atoms with Gasteiger partial charge in [-0.3, -0.25) is 9.97 Å². The van der Waals surface area contributed by atoms with E-state index in [1.807, 2.05) is 38.1 Å². The second kappa shape index (κ2) is 9.73. The van der Waals surface area contributed by atoms with Crippen molar-refractivity contribution in [3.8, 4) is 17.0 Å². The predicted molar refractivity (Wildman–Crippen MR) is 128 cm³/mol. The van der Waals surface area contributed by atoms with Crippen LogP contribution in [0.1, 0.15) is 11.3 Å². The number of carbonyl (C=O) groups is 1. The second-order valence-corrected chi connectivity index (χ2v) is 7.30. The van der Waals surface area contributed by atoms with E-state index in [-0.39, 0.29) is 6.03 Å². The summed E-state index contributed by atoms with van der Waals surface area (Å²) in [4.78, 5) is 29.6. The fourth-order valence-corrected chi connectivity index (χ4v) is 3.12. The highest BCUT2D eigenvalue weighted by Gasteiger charge is 2.09. The zero-order valence-corrected chi connectivity index (χ0v) is 18.5. The molecule has 0 saturated heterocycles. The van der Waals surface area contributed by atoms with Crippen LogP contribution in [0.2, 0.25) is 0 Å². The quantitative estimate of drug-likeness (QED) is 0.388. The van der Waals surface area contributed by atoms with E-state index in [1.54, 1.807) is 50.1 Å². The predicted octanol–water partition coefficient (Wildman–Crippen LogP) is 4.95. The Morgan fingerprint density at radius 1 is 0.909 bits per heavy atom. The minimum Gasteiger partial charge on any atom is -0.495 e. The number of rotatable bonds is 6. The fraction of sp³-hybridized carbons (Fsp3) is 0.125. The van der Waals surface area contributed by atoms with Crippen molar-refractivity contribution >= 4 is 29.0 Å². The maximum atomic E-state index is 12.4. The molecule has 0 aliphatic heterocycles. The Morgan fingerprint density at radius 3 is 2.48 bits per heavy atom. The van der Waals surface area contributed by atoms with E-state index in [0.717, 1.165) is 22.5 Å². The van der Waals surface area contributed by atoms with E-state index >= 15 is 0 Å². The molecule has 4 aromatic rings. The highest BCUT2D eigenvalue weighted by Crippen LogP contribution is 2.25. The summed E-state index contributed by atoms with van der Waals surface area (Å²) in [6, 6.07) is 12.4. The first-order chi connectivity index (χ1) is 16.0. The van der Waals surface area contributed by atoms with Crippen molar-refractivity contribution < 1.29 is 9.53 Å². The summed E-state index contributed by atoms with van der Waals surface area (Å²) >= 11 is 0. The van der Waals surface area contributed by atoms with Gasteiger partial charge in [-0.15, -0.1) is 0 Å². The smallest absolute Gasteiger partial charge is 0.323 e. The lowest BCUT2D eigenvalue weighted by Gasteiger charge is -2.13. The average Bonchev–Trinajstić information content (AvgIpc) is 2.81. The lowest BCUT2D eigenvalue weighted by Crippen LogP contribution is -2.19. The normalized spacial score (nSPS) is 10.4. The largest absolute Gasteiger partial charge is 0.495 e. The molecule has 3 aromatic heterocycles. The molecular weight excluding hydrogens is 418 g/mol. The van der Waals surface area contributed by atoms with Crippen molar-refractivity contribution in [2.45, 2.75) is 13.8 Å². The van der Waals surface area contributed by atoms with Crippen LogP contribution in [-0.4, -0.2) is 33.1 Å². The lowest BCUT2D eigenvalue weighted by atomic mass is 10.2. The summed E-state index contributed by atoms with van der Waals surface area (Å²) in [5.74, 6) is 1.07. The van der Waals surface area contributed by atoms with Crippen molar-refractivity contribution in [2.75, 3.05) is 23.1 Å². The van der Waals surface area contributed by atoms with Gasteiger partial charge >= 0.3 is 6.03 Å². The number of hydrogen-bond donors (Lipinski definition) is 3. The number of amides is 2. The van der Waals surface area contributed by atoms with Gasteiger partial charge in [0.2, 0.25) is 5.95 Å². The number of anilines is 4. The number of ether oxygens (including phenoxy) is 1. The molecule has 3 N–H and O–H groups in total. The van der Waals surface area contributed by atoms with Gasteiger partial charge in [0.25, 0.3) is 0 Å². The van der Waals surface area contributed by atoms with Gasteiger partial charge in [-0.2, -0.15) is 0 Å². The number of pyridine rings is 2. The first kappa shape index (κ1) is 21.7. The van der Waals surface area contributed by atoms with Crippen LogP contribution in [0.4, 0.5) is 27.8 Å². The third-order valence-corrected chi connectivity index (χ3v) is 4.80. The van der Waals surface area contributed by atoms with Gasteiger partial charge in [0.15, 0.2) is 0 Å². The van der Waals surface area contributed by atoms with E-state index in [0.29, 0.717) is 28.8 Å². The summed E-state index contributed by atoms with van der Waals surface area (Å²) in [7, 11) is 1.59. The molecule has 0 atom stereocenters. The number of methoxy groups -OCH3 is 1. The molecule has 0 aliphatic carbocycles. The van der Waals surface area contributed by atoms with Crippen LogP contribution in [0, 0.1) is 13.8 Å². The van der Waals surface area contributed by atoms with Crippen LogP contribution in [-0.2, 0) is 0 Å². The molecule has 0 radical (unpaired) electrons. The van der Waals surface area contributed by atoms with Gasteiger partial charge in [0, 0.05) is 46.9 Å². The van der Waals surface area contributed by atoms with E-state index in [4.69, 9.17) is 4.74 Å². The molecule has 3 heterocycles. The van der Waals surface area contributed by atoms with Crippen LogP contribution in [0.15, 0.2) is 67.3 Å². The first-order valence-corrected chi connectivity index (χ1v) is 10.2. The van der Waals surface area contributed by atoms with Crippen LogP contribution < -0.4 is 20.7 Å². The molecule has 0 fully saturated rings. The molecule has 0 aliphatic rings. The molecule has 0 bridgehead atoms. The molecule has 9 nitrogen and oxygen atoms in total. The van der Waals surface area contributed by atoms with E-state index in [9.17, 15) is 4.79 Å². The molecule has 33 heavy (non-hydrogen) atoms. The van der Waals surface area contributed by atoms with Crippen molar-refractivity contribution in [3.63, 3.8) is 0 Å². The molecule has 4 rings (SSSR count). The molecule has 1 aromatic carbocycles. The maximum Gasteiger partial charge on any atom is 0.323 e. The third kappa shape index (κ3) is 5.59. The number of nitrogens with zero attached hydrogens (tertiary/aromatic N) is 4. The van der Waals surface area contributed by atoms with E-state index < -0.39 is 0 Å². The third-order valence-electron chi connectivity index (χ3n) is 4.80. The fourth-order valence-electron chi connectivity index (χ4n) is 3.12. The first-order valence-electron chi connectivity index (χ1n) is 10.2. The van der Waals surface area contributed by atoms with Gasteiger partial charge in [-0.25, -0.2) is 14.8 Å². The van der Waals surface area contributed by atoms with Gasteiger partial charge < -0.3 is 20.7 Å².